The second-order valence-electron chi connectivity index (χ2n) is 3.67. The van der Waals surface area contributed by atoms with Gasteiger partial charge < -0.3 is 11.5 Å². The van der Waals surface area contributed by atoms with Gasteiger partial charge in [-0.25, -0.2) is 0 Å². The van der Waals surface area contributed by atoms with Crippen LogP contribution in [0.15, 0.2) is 12.2 Å². The Hall–Kier alpha value is -1.20. The zero-order chi connectivity index (χ0) is 11.3. The molecule has 0 aromatic rings. The molecule has 0 spiro atoms. The molecule has 0 atom stereocenters. The van der Waals surface area contributed by atoms with Crippen LogP contribution < -0.4 is 11.5 Å². The summed E-state index contributed by atoms with van der Waals surface area (Å²) in [7, 11) is 0. The first-order valence-corrected chi connectivity index (χ1v) is 5.16. The Bertz CT molecular complexity index is 256. The first-order chi connectivity index (χ1) is 7.11. The van der Waals surface area contributed by atoms with E-state index >= 15 is 0 Å². The molecule has 1 heterocycles. The van der Waals surface area contributed by atoms with E-state index in [-0.39, 0.29) is 18.0 Å². The van der Waals surface area contributed by atoms with Crippen molar-refractivity contribution in [2.24, 2.45) is 11.5 Å². The predicted octanol–water partition coefficient (Wildman–Crippen LogP) is -0.285. The lowest BCUT2D eigenvalue weighted by Gasteiger charge is -2.13. The Morgan fingerprint density at radius 2 is 1.67 bits per heavy atom. The van der Waals surface area contributed by atoms with Gasteiger partial charge in [-0.1, -0.05) is 12.8 Å². The highest BCUT2D eigenvalue weighted by molar-refractivity contribution is 6.12. The summed E-state index contributed by atoms with van der Waals surface area (Å²) in [4.78, 5) is 23.5. The highest BCUT2D eigenvalue weighted by atomic mass is 16.2. The molecule has 1 aliphatic rings. The molecule has 0 aromatic heterocycles. The van der Waals surface area contributed by atoms with Crippen molar-refractivity contribution in [3.05, 3.63) is 12.2 Å². The summed E-state index contributed by atoms with van der Waals surface area (Å²) < 4.78 is 0. The minimum Gasteiger partial charge on any atom is -0.316 e. The molecule has 15 heavy (non-hydrogen) atoms. The molecule has 84 valence electrons. The Morgan fingerprint density at radius 3 is 2.20 bits per heavy atom. The van der Waals surface area contributed by atoms with Crippen LogP contribution in [0.25, 0.3) is 0 Å². The second kappa shape index (κ2) is 5.63. The molecule has 0 aliphatic carbocycles. The maximum atomic E-state index is 11.1. The molecule has 0 saturated heterocycles. The first-order valence-electron chi connectivity index (χ1n) is 5.16. The van der Waals surface area contributed by atoms with Gasteiger partial charge in [0.25, 0.3) is 11.8 Å². The van der Waals surface area contributed by atoms with Crippen molar-refractivity contribution in [3.8, 4) is 0 Å². The van der Waals surface area contributed by atoms with Gasteiger partial charge in [0.1, 0.15) is 0 Å². The summed E-state index contributed by atoms with van der Waals surface area (Å²) in [5.74, 6) is -0.425. The number of hydrogen-bond acceptors (Lipinski definition) is 4. The van der Waals surface area contributed by atoms with E-state index in [9.17, 15) is 9.59 Å². The molecule has 2 amide bonds. The van der Waals surface area contributed by atoms with Crippen molar-refractivity contribution in [1.29, 1.82) is 0 Å². The van der Waals surface area contributed by atoms with Crippen LogP contribution in [0.3, 0.4) is 0 Å². The fourth-order valence-electron chi connectivity index (χ4n) is 1.48. The van der Waals surface area contributed by atoms with Crippen molar-refractivity contribution < 1.29 is 9.59 Å². The number of hydrogen-bond donors (Lipinski definition) is 2. The van der Waals surface area contributed by atoms with Gasteiger partial charge in [0.15, 0.2) is 0 Å². The summed E-state index contributed by atoms with van der Waals surface area (Å²) in [6, 6.07) is 0. The van der Waals surface area contributed by atoms with E-state index in [4.69, 9.17) is 11.5 Å². The van der Waals surface area contributed by atoms with Gasteiger partial charge in [0.2, 0.25) is 0 Å². The molecule has 0 fully saturated rings. The summed E-state index contributed by atoms with van der Waals surface area (Å²) in [5, 5.41) is 0. The Labute approximate surface area is 89.1 Å². The topological polar surface area (TPSA) is 89.4 Å². The fraction of sp³-hybridized carbons (Fsp3) is 0.600. The molecule has 0 radical (unpaired) electrons. The normalized spacial score (nSPS) is 15.8. The third-order valence-electron chi connectivity index (χ3n) is 2.32. The third kappa shape index (κ3) is 3.81. The lowest BCUT2D eigenvalue weighted by atomic mass is 10.1. The molecule has 0 bridgehead atoms. The average molecular weight is 211 g/mol. The van der Waals surface area contributed by atoms with Crippen molar-refractivity contribution >= 4 is 11.8 Å². The Kier molecular flexibility index (Phi) is 4.45. The van der Waals surface area contributed by atoms with Gasteiger partial charge in [0, 0.05) is 18.7 Å². The quantitative estimate of drug-likeness (QED) is 0.359. The average Bonchev–Trinajstić information content (AvgIpc) is 2.47. The van der Waals surface area contributed by atoms with Gasteiger partial charge >= 0.3 is 0 Å². The van der Waals surface area contributed by atoms with Crippen LogP contribution in [0.2, 0.25) is 0 Å². The molecule has 0 aromatic carbocycles. The minimum absolute atomic E-state index is 0.212. The standard InChI is InChI=1S/C10H17N3O2/c11-8(12)4-2-1-3-7-13-9(14)5-6-10(13)15/h5-6,8H,1-4,7,11-12H2. The number of unbranched alkanes of at least 4 members (excludes halogenated alkanes) is 2. The SMILES string of the molecule is NC(N)CCCCCN1C(=O)C=CC1=O. The lowest BCUT2D eigenvalue weighted by Crippen LogP contribution is -2.31. The number of rotatable bonds is 6. The molecule has 1 rings (SSSR count). The number of amides is 2. The van der Waals surface area contributed by atoms with Crippen molar-refractivity contribution in [2.45, 2.75) is 31.8 Å². The van der Waals surface area contributed by atoms with E-state index in [1.54, 1.807) is 0 Å². The van der Waals surface area contributed by atoms with Crippen molar-refractivity contribution in [2.75, 3.05) is 6.54 Å². The zero-order valence-electron chi connectivity index (χ0n) is 8.69. The zero-order valence-corrected chi connectivity index (χ0v) is 8.69. The van der Waals surface area contributed by atoms with Crippen LogP contribution in [0, 0.1) is 0 Å². The number of carbonyl (C=O) groups is 2. The lowest BCUT2D eigenvalue weighted by molar-refractivity contribution is -0.136. The van der Waals surface area contributed by atoms with Gasteiger partial charge in [-0.05, 0) is 12.8 Å². The van der Waals surface area contributed by atoms with Crippen LogP contribution in [0.5, 0.6) is 0 Å². The monoisotopic (exact) mass is 211 g/mol. The highest BCUT2D eigenvalue weighted by Gasteiger charge is 2.21. The molecule has 0 saturated carbocycles. The van der Waals surface area contributed by atoms with E-state index in [0.717, 1.165) is 25.7 Å². The Morgan fingerprint density at radius 1 is 1.07 bits per heavy atom. The maximum absolute atomic E-state index is 11.1. The van der Waals surface area contributed by atoms with Crippen LogP contribution >= 0.6 is 0 Å². The molecular weight excluding hydrogens is 194 g/mol. The molecule has 1 aliphatic heterocycles. The molecular formula is C10H17N3O2. The van der Waals surface area contributed by atoms with Gasteiger partial charge in [0.05, 0.1) is 6.17 Å². The first kappa shape index (κ1) is 11.9. The predicted molar refractivity (Wildman–Crippen MR) is 56.5 cm³/mol. The molecule has 4 N–H and O–H groups in total. The number of carbonyl (C=O) groups excluding carboxylic acids is 2. The second-order valence-corrected chi connectivity index (χ2v) is 3.67. The number of nitrogens with two attached hydrogens (primary N) is 2. The van der Waals surface area contributed by atoms with E-state index in [2.05, 4.69) is 0 Å². The van der Waals surface area contributed by atoms with Crippen LogP contribution in [-0.2, 0) is 9.59 Å². The number of imide groups is 1. The molecule has 0 unspecified atom stereocenters. The Balaban J connectivity index is 2.10. The third-order valence-corrected chi connectivity index (χ3v) is 2.32. The van der Waals surface area contributed by atoms with Gasteiger partial charge in [-0.2, -0.15) is 0 Å². The smallest absolute Gasteiger partial charge is 0.253 e. The van der Waals surface area contributed by atoms with Crippen LogP contribution in [0.1, 0.15) is 25.7 Å². The van der Waals surface area contributed by atoms with E-state index in [0.29, 0.717) is 6.54 Å². The summed E-state index contributed by atoms with van der Waals surface area (Å²) in [5.41, 5.74) is 10.8. The van der Waals surface area contributed by atoms with E-state index in [1.165, 1.54) is 17.1 Å². The highest BCUT2D eigenvalue weighted by Crippen LogP contribution is 2.07. The van der Waals surface area contributed by atoms with Gasteiger partial charge in [-0.3, -0.25) is 14.5 Å². The molecule has 5 nitrogen and oxygen atoms in total. The summed E-state index contributed by atoms with van der Waals surface area (Å²) in [6.07, 6.45) is 5.80. The largest absolute Gasteiger partial charge is 0.316 e. The van der Waals surface area contributed by atoms with Crippen LogP contribution in [0.4, 0.5) is 0 Å². The van der Waals surface area contributed by atoms with Crippen LogP contribution in [-0.4, -0.2) is 29.4 Å². The minimum atomic E-state index is -0.262. The van der Waals surface area contributed by atoms with Crippen molar-refractivity contribution in [3.63, 3.8) is 0 Å². The summed E-state index contributed by atoms with van der Waals surface area (Å²) in [6.45, 7) is 0.491. The van der Waals surface area contributed by atoms with E-state index in [1.807, 2.05) is 0 Å². The summed E-state index contributed by atoms with van der Waals surface area (Å²) >= 11 is 0. The maximum Gasteiger partial charge on any atom is 0.253 e. The van der Waals surface area contributed by atoms with E-state index < -0.39 is 0 Å². The van der Waals surface area contributed by atoms with Crippen molar-refractivity contribution in [1.82, 2.24) is 4.90 Å². The fourth-order valence-corrected chi connectivity index (χ4v) is 1.48. The number of nitrogens with zero attached hydrogens (tertiary/aromatic N) is 1. The van der Waals surface area contributed by atoms with Gasteiger partial charge in [-0.15, -0.1) is 0 Å². The molecule has 5 heteroatoms.